The van der Waals surface area contributed by atoms with Crippen LogP contribution in [0.4, 0.5) is 0 Å². The maximum atomic E-state index is 10.1. The lowest BCUT2D eigenvalue weighted by molar-refractivity contribution is 0.160. The van der Waals surface area contributed by atoms with Crippen LogP contribution in [-0.2, 0) is 0 Å². The summed E-state index contributed by atoms with van der Waals surface area (Å²) in [5, 5.41) is 30.0. The quantitative estimate of drug-likeness (QED) is 0.751. The minimum Gasteiger partial charge on any atom is -0.399 e. The van der Waals surface area contributed by atoms with Crippen LogP contribution in [0.3, 0.4) is 0 Å². The highest BCUT2D eigenvalue weighted by molar-refractivity contribution is 9.10. The van der Waals surface area contributed by atoms with E-state index in [0.29, 0.717) is 5.57 Å². The molecule has 2 N–H and O–H groups in total. The molecule has 0 spiro atoms. The number of rotatable bonds is 1. The predicted octanol–water partition coefficient (Wildman–Crippen LogP) is 3.34. The molecule has 5 nitrogen and oxygen atoms in total. The molecular weight excluding hydrogens is 402 g/mol. The number of hydrogen-bond acceptors (Lipinski definition) is 5. The normalized spacial score (nSPS) is 31.3. The molecule has 4 atom stereocenters. The molecule has 2 bridgehead atoms. The summed E-state index contributed by atoms with van der Waals surface area (Å²) < 4.78 is 0.931. The number of fused-ring (bicyclic) bond motifs is 4. The first kappa shape index (κ1) is 17.8. The Morgan fingerprint density at radius 3 is 2.41 bits per heavy atom. The van der Waals surface area contributed by atoms with Gasteiger partial charge in [0.1, 0.15) is 6.07 Å². The lowest BCUT2D eigenvalue weighted by atomic mass is 9.56. The molecule has 1 aliphatic carbocycles. The second-order valence-corrected chi connectivity index (χ2v) is 8.40. The van der Waals surface area contributed by atoms with Crippen molar-refractivity contribution in [3.05, 3.63) is 57.2 Å². The van der Waals surface area contributed by atoms with Gasteiger partial charge in [-0.25, -0.2) is 0 Å². The summed E-state index contributed by atoms with van der Waals surface area (Å²) in [6, 6.07) is 14.8. The predicted molar refractivity (Wildman–Crippen MR) is 104 cm³/mol. The van der Waals surface area contributed by atoms with Crippen LogP contribution in [0.15, 0.2) is 51.7 Å². The maximum absolute atomic E-state index is 10.1. The lowest BCUT2D eigenvalue weighted by Gasteiger charge is -2.48. The average molecular weight is 420 g/mol. The van der Waals surface area contributed by atoms with Crippen LogP contribution in [0.1, 0.15) is 24.3 Å². The van der Waals surface area contributed by atoms with Crippen molar-refractivity contribution in [2.24, 2.45) is 17.1 Å². The average Bonchev–Trinajstić information content (AvgIpc) is 2.91. The van der Waals surface area contributed by atoms with Crippen LogP contribution < -0.4 is 5.73 Å². The summed E-state index contributed by atoms with van der Waals surface area (Å²) in [6.45, 7) is 0. The van der Waals surface area contributed by atoms with Gasteiger partial charge < -0.3 is 5.73 Å². The third-order valence-electron chi connectivity index (χ3n) is 6.45. The number of hydrogen-bond donors (Lipinski definition) is 1. The maximum Gasteiger partial charge on any atom is 0.191 e. The topological polar surface area (TPSA) is 101 Å². The van der Waals surface area contributed by atoms with Gasteiger partial charge in [0.25, 0.3) is 0 Å². The van der Waals surface area contributed by atoms with Crippen LogP contribution >= 0.6 is 15.9 Å². The lowest BCUT2D eigenvalue weighted by Crippen LogP contribution is -2.51. The molecule has 2 aliphatic heterocycles. The molecule has 1 aromatic carbocycles. The smallest absolute Gasteiger partial charge is 0.191 e. The van der Waals surface area contributed by atoms with E-state index in [9.17, 15) is 15.8 Å². The van der Waals surface area contributed by atoms with E-state index in [2.05, 4.69) is 52.2 Å². The van der Waals surface area contributed by atoms with Crippen molar-refractivity contribution in [3.63, 3.8) is 0 Å². The number of nitrogens with two attached hydrogens (primary N) is 1. The SMILES string of the molecule is CN1[C@@H]2C=C3C(C#N)=C(N)C(C#N)(C#N)[C@@H](c4ccc(Br)cc4)[C@H]3[C@H]1CC2. The molecule has 1 fully saturated rings. The molecule has 0 aromatic heterocycles. The van der Waals surface area contributed by atoms with Crippen LogP contribution in [0.2, 0.25) is 0 Å². The molecule has 134 valence electrons. The number of nitrogens with zero attached hydrogens (tertiary/aromatic N) is 4. The summed E-state index contributed by atoms with van der Waals surface area (Å²) in [6.07, 6.45) is 4.12. The molecule has 0 radical (unpaired) electrons. The first-order valence-electron chi connectivity index (χ1n) is 8.90. The molecule has 0 saturated carbocycles. The van der Waals surface area contributed by atoms with Gasteiger partial charge in [-0.15, -0.1) is 0 Å². The van der Waals surface area contributed by atoms with Crippen molar-refractivity contribution >= 4 is 15.9 Å². The Hall–Kier alpha value is -2.59. The van der Waals surface area contributed by atoms with Crippen molar-refractivity contribution in [2.45, 2.75) is 30.8 Å². The Balaban J connectivity index is 2.04. The van der Waals surface area contributed by atoms with Gasteiger partial charge in [-0.2, -0.15) is 15.8 Å². The summed E-state index contributed by atoms with van der Waals surface area (Å²) in [7, 11) is 2.09. The van der Waals surface area contributed by atoms with Crippen molar-refractivity contribution in [1.82, 2.24) is 4.90 Å². The molecule has 1 aromatic rings. The number of benzene rings is 1. The van der Waals surface area contributed by atoms with Gasteiger partial charge >= 0.3 is 0 Å². The second kappa shape index (κ2) is 6.24. The molecular formula is C21H18BrN5. The number of halogens is 1. The van der Waals surface area contributed by atoms with E-state index in [1.807, 2.05) is 24.3 Å². The third kappa shape index (κ3) is 2.29. The zero-order valence-electron chi connectivity index (χ0n) is 14.9. The Kier molecular flexibility index (Phi) is 4.11. The minimum atomic E-state index is -1.56. The highest BCUT2D eigenvalue weighted by atomic mass is 79.9. The van der Waals surface area contributed by atoms with Crippen molar-refractivity contribution in [3.8, 4) is 18.2 Å². The summed E-state index contributed by atoms with van der Waals surface area (Å²) in [5.41, 5.74) is 7.01. The van der Waals surface area contributed by atoms with Gasteiger partial charge in [0.15, 0.2) is 5.41 Å². The molecule has 0 unspecified atom stereocenters. The molecule has 2 heterocycles. The summed E-state index contributed by atoms with van der Waals surface area (Å²) >= 11 is 3.45. The van der Waals surface area contributed by atoms with Crippen LogP contribution in [0, 0.1) is 45.3 Å². The van der Waals surface area contributed by atoms with Crippen molar-refractivity contribution in [2.75, 3.05) is 7.05 Å². The second-order valence-electron chi connectivity index (χ2n) is 7.49. The Bertz CT molecular complexity index is 971. The first-order chi connectivity index (χ1) is 13.0. The van der Waals surface area contributed by atoms with E-state index in [-0.39, 0.29) is 23.7 Å². The van der Waals surface area contributed by atoms with Gasteiger partial charge in [0, 0.05) is 28.4 Å². The standard InChI is InChI=1S/C21H18BrN5/c1-27-14-6-7-17(27)18-15(8-14)16(9-23)20(26)21(10-24,11-25)19(18)12-2-4-13(22)5-3-12/h2-5,8,14,17-19H,6-7,26H2,1H3/t14-,17+,18+,19-/m0/s1. The minimum absolute atomic E-state index is 0.0920. The molecule has 3 aliphatic rings. The van der Waals surface area contributed by atoms with Gasteiger partial charge in [0.2, 0.25) is 0 Å². The van der Waals surface area contributed by atoms with E-state index in [0.717, 1.165) is 28.5 Å². The van der Waals surface area contributed by atoms with E-state index >= 15 is 0 Å². The number of allylic oxidation sites excluding steroid dienone is 2. The summed E-state index contributed by atoms with van der Waals surface area (Å²) in [4.78, 5) is 2.32. The first-order valence-corrected chi connectivity index (χ1v) is 9.70. The Morgan fingerprint density at radius 2 is 1.81 bits per heavy atom. The van der Waals surface area contributed by atoms with Gasteiger partial charge in [0.05, 0.1) is 23.4 Å². The monoisotopic (exact) mass is 419 g/mol. The fourth-order valence-corrected chi connectivity index (χ4v) is 5.40. The van der Waals surface area contributed by atoms with Crippen LogP contribution in [0.25, 0.3) is 0 Å². The highest BCUT2D eigenvalue weighted by Crippen LogP contribution is 2.58. The van der Waals surface area contributed by atoms with Crippen molar-refractivity contribution < 1.29 is 0 Å². The number of nitriles is 3. The summed E-state index contributed by atoms with van der Waals surface area (Å²) in [5.74, 6) is -0.536. The van der Waals surface area contributed by atoms with Gasteiger partial charge in [-0.05, 0) is 43.2 Å². The van der Waals surface area contributed by atoms with Crippen molar-refractivity contribution in [1.29, 1.82) is 15.8 Å². The zero-order valence-corrected chi connectivity index (χ0v) is 16.4. The zero-order chi connectivity index (χ0) is 19.3. The van der Waals surface area contributed by atoms with E-state index in [1.165, 1.54) is 0 Å². The fourth-order valence-electron chi connectivity index (χ4n) is 5.13. The highest BCUT2D eigenvalue weighted by Gasteiger charge is 2.58. The molecule has 0 amide bonds. The molecule has 1 saturated heterocycles. The third-order valence-corrected chi connectivity index (χ3v) is 6.98. The molecule has 6 heteroatoms. The molecule has 27 heavy (non-hydrogen) atoms. The van der Waals surface area contributed by atoms with Crippen LogP contribution in [0.5, 0.6) is 0 Å². The van der Waals surface area contributed by atoms with E-state index in [4.69, 9.17) is 5.73 Å². The Labute approximate surface area is 167 Å². The molecule has 4 rings (SSSR count). The van der Waals surface area contributed by atoms with Gasteiger partial charge in [-0.3, -0.25) is 4.90 Å². The van der Waals surface area contributed by atoms with E-state index in [1.54, 1.807) is 0 Å². The largest absolute Gasteiger partial charge is 0.399 e. The van der Waals surface area contributed by atoms with E-state index < -0.39 is 11.3 Å². The number of likely N-dealkylation sites (N-methyl/N-ethyl adjacent to an activating group) is 1. The fraction of sp³-hybridized carbons (Fsp3) is 0.381. The Morgan fingerprint density at radius 1 is 1.15 bits per heavy atom. The van der Waals surface area contributed by atoms with Gasteiger partial charge in [-0.1, -0.05) is 34.1 Å². The van der Waals surface area contributed by atoms with Crippen LogP contribution in [-0.4, -0.2) is 24.0 Å².